The van der Waals surface area contributed by atoms with Crippen molar-refractivity contribution in [2.24, 2.45) is 0 Å². The summed E-state index contributed by atoms with van der Waals surface area (Å²) in [5, 5.41) is 1.96. The lowest BCUT2D eigenvalue weighted by Crippen LogP contribution is -2.13. The molecule has 1 heterocycles. The maximum absolute atomic E-state index is 12.1. The lowest BCUT2D eigenvalue weighted by Gasteiger charge is -2.00. The second-order valence-electron chi connectivity index (χ2n) is 2.20. The Bertz CT molecular complexity index is 353. The fourth-order valence-electron chi connectivity index (χ4n) is 0.827. The number of carbonyl (C=O) groups is 1. The third kappa shape index (κ3) is 1.41. The quantitative estimate of drug-likeness (QED) is 0.687. The van der Waals surface area contributed by atoms with Crippen molar-refractivity contribution in [1.82, 2.24) is 9.78 Å². The SMILES string of the molecule is CC(=O)n1[nH]c(=O)cc1C(F)F. The van der Waals surface area contributed by atoms with Crippen molar-refractivity contribution in [2.45, 2.75) is 13.3 Å². The number of hydrogen-bond acceptors (Lipinski definition) is 2. The molecule has 0 aromatic carbocycles. The number of nitrogens with zero attached hydrogens (tertiary/aromatic N) is 1. The first kappa shape index (κ1) is 8.63. The van der Waals surface area contributed by atoms with Gasteiger partial charge >= 0.3 is 0 Å². The van der Waals surface area contributed by atoms with Gasteiger partial charge in [-0.05, 0) is 0 Å². The van der Waals surface area contributed by atoms with Crippen LogP contribution in [0, 0.1) is 0 Å². The Morgan fingerprint density at radius 1 is 1.67 bits per heavy atom. The van der Waals surface area contributed by atoms with Gasteiger partial charge < -0.3 is 0 Å². The molecule has 1 rings (SSSR count). The van der Waals surface area contributed by atoms with Crippen LogP contribution >= 0.6 is 0 Å². The van der Waals surface area contributed by atoms with Gasteiger partial charge in [0.15, 0.2) is 0 Å². The zero-order valence-electron chi connectivity index (χ0n) is 6.17. The number of rotatable bonds is 1. The first-order chi connectivity index (χ1) is 5.52. The van der Waals surface area contributed by atoms with Crippen LogP contribution in [-0.4, -0.2) is 15.7 Å². The van der Waals surface area contributed by atoms with E-state index in [1.807, 2.05) is 5.10 Å². The van der Waals surface area contributed by atoms with Crippen LogP contribution in [0.3, 0.4) is 0 Å². The molecular weight excluding hydrogens is 170 g/mol. The standard InChI is InChI=1S/C6H6F2N2O2/c1-3(11)10-4(6(7)8)2-5(12)9-10/h2,6H,1H3,(H,9,12). The summed E-state index contributed by atoms with van der Waals surface area (Å²) in [5.41, 5.74) is -1.31. The van der Waals surface area contributed by atoms with Crippen LogP contribution < -0.4 is 5.56 Å². The van der Waals surface area contributed by atoms with Crippen LogP contribution in [0.4, 0.5) is 8.78 Å². The minimum absolute atomic E-state index is 0.535. The Morgan fingerprint density at radius 3 is 2.58 bits per heavy atom. The van der Waals surface area contributed by atoms with Crippen LogP contribution in [-0.2, 0) is 0 Å². The molecule has 1 aromatic heterocycles. The van der Waals surface area contributed by atoms with E-state index >= 15 is 0 Å². The van der Waals surface area contributed by atoms with E-state index in [0.29, 0.717) is 10.7 Å². The highest BCUT2D eigenvalue weighted by molar-refractivity contribution is 5.75. The van der Waals surface area contributed by atoms with Gasteiger partial charge in [-0.15, -0.1) is 0 Å². The number of hydrogen-bond donors (Lipinski definition) is 1. The first-order valence-corrected chi connectivity index (χ1v) is 3.13. The van der Waals surface area contributed by atoms with Gasteiger partial charge in [-0.1, -0.05) is 0 Å². The van der Waals surface area contributed by atoms with Crippen molar-refractivity contribution in [3.8, 4) is 0 Å². The van der Waals surface area contributed by atoms with Gasteiger partial charge in [-0.2, -0.15) is 0 Å². The maximum atomic E-state index is 12.1. The van der Waals surface area contributed by atoms with Gasteiger partial charge in [0, 0.05) is 13.0 Å². The number of halogens is 2. The highest BCUT2D eigenvalue weighted by atomic mass is 19.3. The Kier molecular flexibility index (Phi) is 2.07. The number of alkyl halides is 2. The summed E-state index contributed by atoms with van der Waals surface area (Å²) >= 11 is 0. The molecule has 0 fully saturated rings. The second-order valence-corrected chi connectivity index (χ2v) is 2.20. The highest BCUT2D eigenvalue weighted by Crippen LogP contribution is 2.15. The molecule has 0 radical (unpaired) electrons. The molecule has 66 valence electrons. The number of aromatic amines is 1. The Labute approximate surface area is 65.8 Å². The Hall–Kier alpha value is -1.46. The van der Waals surface area contributed by atoms with E-state index in [-0.39, 0.29) is 0 Å². The van der Waals surface area contributed by atoms with Gasteiger partial charge in [0.2, 0.25) is 5.91 Å². The monoisotopic (exact) mass is 176 g/mol. The molecule has 4 nitrogen and oxygen atoms in total. The first-order valence-electron chi connectivity index (χ1n) is 3.13. The zero-order valence-corrected chi connectivity index (χ0v) is 6.17. The molecule has 0 saturated heterocycles. The van der Waals surface area contributed by atoms with Gasteiger partial charge in [0.25, 0.3) is 12.0 Å². The molecule has 0 amide bonds. The summed E-state index contributed by atoms with van der Waals surface area (Å²) in [4.78, 5) is 21.2. The summed E-state index contributed by atoms with van der Waals surface area (Å²) in [6, 6.07) is 0.700. The Balaban J connectivity index is 3.26. The van der Waals surface area contributed by atoms with E-state index in [2.05, 4.69) is 0 Å². The molecule has 0 atom stereocenters. The molecule has 0 aliphatic rings. The minimum Gasteiger partial charge on any atom is -0.273 e. The van der Waals surface area contributed by atoms with Crippen LogP contribution in [0.25, 0.3) is 0 Å². The van der Waals surface area contributed by atoms with E-state index in [1.165, 1.54) is 0 Å². The van der Waals surface area contributed by atoms with Crippen molar-refractivity contribution >= 4 is 5.91 Å². The van der Waals surface area contributed by atoms with Crippen molar-refractivity contribution in [3.05, 3.63) is 22.1 Å². The molecule has 1 N–H and O–H groups in total. The third-order valence-electron chi connectivity index (χ3n) is 1.30. The molecule has 6 heteroatoms. The third-order valence-corrected chi connectivity index (χ3v) is 1.30. The Morgan fingerprint density at radius 2 is 2.25 bits per heavy atom. The number of carbonyl (C=O) groups excluding carboxylic acids is 1. The predicted octanol–water partition coefficient (Wildman–Crippen LogP) is 0.774. The molecule has 0 aliphatic heterocycles. The molecule has 0 bridgehead atoms. The zero-order chi connectivity index (χ0) is 9.30. The molecule has 1 aromatic rings. The second kappa shape index (κ2) is 2.88. The number of H-pyrrole nitrogens is 1. The largest absolute Gasteiger partial charge is 0.280 e. The highest BCUT2D eigenvalue weighted by Gasteiger charge is 2.16. The minimum atomic E-state index is -2.83. The van der Waals surface area contributed by atoms with E-state index in [4.69, 9.17) is 0 Å². The summed E-state index contributed by atoms with van der Waals surface area (Å²) in [5.74, 6) is -0.646. The van der Waals surface area contributed by atoms with E-state index in [1.54, 1.807) is 0 Å². The average Bonchev–Trinajstić information content (AvgIpc) is 2.31. The van der Waals surface area contributed by atoms with Crippen molar-refractivity contribution in [3.63, 3.8) is 0 Å². The smallest absolute Gasteiger partial charge is 0.273 e. The van der Waals surface area contributed by atoms with Crippen molar-refractivity contribution in [2.75, 3.05) is 0 Å². The van der Waals surface area contributed by atoms with Gasteiger partial charge in [-0.3, -0.25) is 14.7 Å². The van der Waals surface area contributed by atoms with E-state index in [9.17, 15) is 18.4 Å². The summed E-state index contributed by atoms with van der Waals surface area (Å²) < 4.78 is 24.7. The fraction of sp³-hybridized carbons (Fsp3) is 0.333. The van der Waals surface area contributed by atoms with Crippen molar-refractivity contribution in [1.29, 1.82) is 0 Å². The molecule has 12 heavy (non-hydrogen) atoms. The van der Waals surface area contributed by atoms with Crippen LogP contribution in [0.5, 0.6) is 0 Å². The van der Waals surface area contributed by atoms with Crippen LogP contribution in [0.2, 0.25) is 0 Å². The number of aromatic nitrogens is 2. The topological polar surface area (TPSA) is 54.9 Å². The average molecular weight is 176 g/mol. The van der Waals surface area contributed by atoms with Crippen LogP contribution in [0.15, 0.2) is 10.9 Å². The summed E-state index contributed by atoms with van der Waals surface area (Å²) in [7, 11) is 0. The van der Waals surface area contributed by atoms with Gasteiger partial charge in [0.1, 0.15) is 5.69 Å². The van der Waals surface area contributed by atoms with Crippen molar-refractivity contribution < 1.29 is 13.6 Å². The summed E-state index contributed by atoms with van der Waals surface area (Å²) in [6.07, 6.45) is -2.83. The summed E-state index contributed by atoms with van der Waals surface area (Å²) in [6.45, 7) is 1.09. The van der Waals surface area contributed by atoms with Gasteiger partial charge in [0.05, 0.1) is 0 Å². The molecular formula is C6H6F2N2O2. The van der Waals surface area contributed by atoms with Crippen LogP contribution in [0.1, 0.15) is 23.8 Å². The number of nitrogens with one attached hydrogen (secondary N) is 1. The lowest BCUT2D eigenvalue weighted by molar-refractivity contribution is 0.0875. The fourth-order valence-corrected chi connectivity index (χ4v) is 0.827. The normalized spacial score (nSPS) is 10.7. The van der Waals surface area contributed by atoms with E-state index < -0.39 is 23.6 Å². The maximum Gasteiger partial charge on any atom is 0.280 e. The van der Waals surface area contributed by atoms with E-state index in [0.717, 1.165) is 6.92 Å². The molecule has 0 aliphatic carbocycles. The molecule has 0 unspecified atom stereocenters. The molecule has 0 spiro atoms. The predicted molar refractivity (Wildman–Crippen MR) is 36.3 cm³/mol. The van der Waals surface area contributed by atoms with Gasteiger partial charge in [-0.25, -0.2) is 13.5 Å². The lowest BCUT2D eigenvalue weighted by atomic mass is 10.4. The molecule has 0 saturated carbocycles.